The van der Waals surface area contributed by atoms with Gasteiger partial charge in [0.05, 0.1) is 0 Å². The van der Waals surface area contributed by atoms with Crippen LogP contribution in [0.3, 0.4) is 0 Å². The summed E-state index contributed by atoms with van der Waals surface area (Å²) in [4.78, 5) is 0. The van der Waals surface area contributed by atoms with Crippen molar-refractivity contribution in [2.75, 3.05) is 0 Å². The SMILES string of the molecule is C[SiH2]C(C)[CH]N. The van der Waals surface area contributed by atoms with Crippen LogP contribution < -0.4 is 5.73 Å². The highest BCUT2D eigenvalue weighted by atomic mass is 28.2. The van der Waals surface area contributed by atoms with Crippen LogP contribution in [-0.2, 0) is 0 Å². The summed E-state index contributed by atoms with van der Waals surface area (Å²) in [5, 5.41) is 0. The van der Waals surface area contributed by atoms with E-state index in [1.165, 1.54) is 0 Å². The van der Waals surface area contributed by atoms with Crippen molar-refractivity contribution in [3.63, 3.8) is 0 Å². The van der Waals surface area contributed by atoms with Crippen LogP contribution in [0, 0.1) is 6.54 Å². The summed E-state index contributed by atoms with van der Waals surface area (Å²) in [5.41, 5.74) is 5.92. The van der Waals surface area contributed by atoms with E-state index in [9.17, 15) is 0 Å². The maximum atomic E-state index is 5.19. The lowest BCUT2D eigenvalue weighted by molar-refractivity contribution is 1.04. The fraction of sp³-hybridized carbons (Fsp3) is 0.750. The summed E-state index contributed by atoms with van der Waals surface area (Å²) >= 11 is 0. The minimum absolute atomic E-state index is 0.158. The Balaban J connectivity index is 2.75. The van der Waals surface area contributed by atoms with E-state index in [4.69, 9.17) is 5.73 Å². The molecule has 0 saturated carbocycles. The molecule has 0 amide bonds. The van der Waals surface area contributed by atoms with Gasteiger partial charge >= 0.3 is 0 Å². The Morgan fingerprint density at radius 3 is 2.33 bits per heavy atom. The van der Waals surface area contributed by atoms with Crippen LogP contribution in [0.5, 0.6) is 0 Å². The molecule has 0 aromatic rings. The maximum absolute atomic E-state index is 5.19. The smallest absolute Gasteiger partial charge is 0.0218 e. The Labute approximate surface area is 41.7 Å². The minimum Gasteiger partial charge on any atom is -0.326 e. The third kappa shape index (κ3) is 2.42. The van der Waals surface area contributed by atoms with Gasteiger partial charge in [0.2, 0.25) is 0 Å². The highest BCUT2D eigenvalue weighted by molar-refractivity contribution is 6.36. The third-order valence-corrected chi connectivity index (χ3v) is 2.53. The van der Waals surface area contributed by atoms with E-state index < -0.39 is 0 Å². The van der Waals surface area contributed by atoms with Crippen LogP contribution in [0.4, 0.5) is 0 Å². The molecule has 2 N–H and O–H groups in total. The van der Waals surface area contributed by atoms with Gasteiger partial charge in [-0.3, -0.25) is 0 Å². The van der Waals surface area contributed by atoms with Crippen molar-refractivity contribution in [3.05, 3.63) is 6.54 Å². The monoisotopic (exact) mass is 102 g/mol. The number of nitrogens with two attached hydrogens (primary N) is 1. The van der Waals surface area contributed by atoms with E-state index in [1.807, 2.05) is 0 Å². The lowest BCUT2D eigenvalue weighted by Gasteiger charge is -1.97. The van der Waals surface area contributed by atoms with E-state index in [0.29, 0.717) is 0 Å². The zero-order chi connectivity index (χ0) is 4.99. The van der Waals surface area contributed by atoms with E-state index in [2.05, 4.69) is 13.5 Å². The largest absolute Gasteiger partial charge is 0.326 e. The summed E-state index contributed by atoms with van der Waals surface area (Å²) < 4.78 is 0. The summed E-state index contributed by atoms with van der Waals surface area (Å²) in [5.74, 6) is 0. The first-order valence-corrected chi connectivity index (χ1v) is 4.59. The Morgan fingerprint density at radius 1 is 1.83 bits per heavy atom. The zero-order valence-electron chi connectivity index (χ0n) is 4.44. The van der Waals surface area contributed by atoms with Gasteiger partial charge in [-0.25, -0.2) is 0 Å². The number of hydrogen-bond acceptors (Lipinski definition) is 1. The molecule has 37 valence electrons. The lowest BCUT2D eigenvalue weighted by atomic mass is 10.5. The van der Waals surface area contributed by atoms with Crippen LogP contribution in [0.1, 0.15) is 6.92 Å². The topological polar surface area (TPSA) is 26.0 Å². The van der Waals surface area contributed by atoms with Crippen LogP contribution in [-0.4, -0.2) is 9.52 Å². The second kappa shape index (κ2) is 3.37. The van der Waals surface area contributed by atoms with Crippen LogP contribution >= 0.6 is 0 Å². The minimum atomic E-state index is 0.158. The first kappa shape index (κ1) is 6.18. The van der Waals surface area contributed by atoms with E-state index in [1.54, 1.807) is 6.54 Å². The van der Waals surface area contributed by atoms with E-state index in [0.717, 1.165) is 5.54 Å². The average molecular weight is 102 g/mol. The van der Waals surface area contributed by atoms with Crippen molar-refractivity contribution >= 4 is 9.52 Å². The molecule has 1 atom stereocenters. The Bertz CT molecular complexity index is 26.7. The molecular formula is C4H12NSi. The molecule has 0 saturated heterocycles. The lowest BCUT2D eigenvalue weighted by Crippen LogP contribution is -2.01. The van der Waals surface area contributed by atoms with Gasteiger partial charge in [-0.15, -0.1) is 0 Å². The first-order chi connectivity index (χ1) is 2.81. The molecule has 2 heteroatoms. The Morgan fingerprint density at radius 2 is 2.33 bits per heavy atom. The molecule has 0 heterocycles. The van der Waals surface area contributed by atoms with Crippen molar-refractivity contribution in [1.82, 2.24) is 0 Å². The number of rotatable bonds is 2. The highest BCUT2D eigenvalue weighted by Crippen LogP contribution is 1.97. The molecule has 1 nitrogen and oxygen atoms in total. The summed E-state index contributed by atoms with van der Waals surface area (Å²) in [6.45, 7) is 6.20. The van der Waals surface area contributed by atoms with Crippen LogP contribution in [0.25, 0.3) is 0 Å². The van der Waals surface area contributed by atoms with Gasteiger partial charge in [-0.1, -0.05) is 13.5 Å². The summed E-state index contributed by atoms with van der Waals surface area (Å²) in [6.07, 6.45) is 0. The molecule has 0 aromatic heterocycles. The summed E-state index contributed by atoms with van der Waals surface area (Å²) in [7, 11) is 0.158. The molecular weight excluding hydrogens is 90.1 g/mol. The molecule has 0 rings (SSSR count). The molecule has 0 aliphatic carbocycles. The quantitative estimate of drug-likeness (QED) is 0.493. The Kier molecular flexibility index (Phi) is 3.47. The van der Waals surface area contributed by atoms with Crippen molar-refractivity contribution in [1.29, 1.82) is 0 Å². The molecule has 0 aliphatic rings. The van der Waals surface area contributed by atoms with Gasteiger partial charge < -0.3 is 5.73 Å². The van der Waals surface area contributed by atoms with Gasteiger partial charge in [0.15, 0.2) is 0 Å². The molecule has 1 radical (unpaired) electrons. The van der Waals surface area contributed by atoms with Gasteiger partial charge in [0.1, 0.15) is 0 Å². The van der Waals surface area contributed by atoms with Gasteiger partial charge in [-0.2, -0.15) is 0 Å². The predicted octanol–water partition coefficient (Wildman–Crippen LogP) is 0.132. The van der Waals surface area contributed by atoms with Gasteiger partial charge in [0, 0.05) is 16.1 Å². The van der Waals surface area contributed by atoms with Crippen molar-refractivity contribution < 1.29 is 0 Å². The molecule has 0 fully saturated rings. The highest BCUT2D eigenvalue weighted by Gasteiger charge is 1.90. The van der Waals surface area contributed by atoms with Crippen molar-refractivity contribution in [2.24, 2.45) is 5.73 Å². The van der Waals surface area contributed by atoms with Crippen molar-refractivity contribution in [2.45, 2.75) is 19.0 Å². The number of hydrogen-bond donors (Lipinski definition) is 1. The second-order valence-corrected chi connectivity index (χ2v) is 3.68. The van der Waals surface area contributed by atoms with E-state index in [-0.39, 0.29) is 9.52 Å². The zero-order valence-corrected chi connectivity index (χ0v) is 5.85. The fourth-order valence-electron chi connectivity index (χ4n) is 0.136. The fourth-order valence-corrected chi connectivity index (χ4v) is 0.408. The van der Waals surface area contributed by atoms with Crippen LogP contribution in [0.2, 0.25) is 12.1 Å². The van der Waals surface area contributed by atoms with Crippen molar-refractivity contribution in [3.8, 4) is 0 Å². The third-order valence-electron chi connectivity index (χ3n) is 0.972. The maximum Gasteiger partial charge on any atom is 0.0218 e. The molecule has 0 aliphatic heterocycles. The molecule has 1 unspecified atom stereocenters. The average Bonchev–Trinajstić information content (AvgIpc) is 1.65. The standard InChI is InChI=1S/C4H12NSi/c1-4(3-5)6-2/h3-4H,5-6H2,1-2H3. The molecule has 0 bridgehead atoms. The molecule has 0 aromatic carbocycles. The molecule has 0 spiro atoms. The van der Waals surface area contributed by atoms with Gasteiger partial charge in [-0.05, 0) is 5.54 Å². The summed E-state index contributed by atoms with van der Waals surface area (Å²) in [6, 6.07) is 0. The first-order valence-electron chi connectivity index (χ1n) is 2.36. The van der Waals surface area contributed by atoms with E-state index >= 15 is 0 Å². The predicted molar refractivity (Wildman–Crippen MR) is 32.3 cm³/mol. The molecule has 6 heavy (non-hydrogen) atoms. The van der Waals surface area contributed by atoms with Gasteiger partial charge in [0.25, 0.3) is 0 Å². The second-order valence-electron chi connectivity index (χ2n) is 1.58. The normalized spacial score (nSPS) is 16.5. The Hall–Kier alpha value is 0.177. The van der Waals surface area contributed by atoms with Crippen LogP contribution in [0.15, 0.2) is 0 Å².